The van der Waals surface area contributed by atoms with Gasteiger partial charge in [-0.2, -0.15) is 21.9 Å². The van der Waals surface area contributed by atoms with E-state index in [9.17, 15) is 0 Å². The largest absolute Gasteiger partial charge is 0.496 e. The Labute approximate surface area is 293 Å². The Morgan fingerprint density at radius 3 is 0.750 bits per heavy atom. The van der Waals surface area contributed by atoms with Gasteiger partial charge in [0.25, 0.3) is 0 Å². The average Bonchev–Trinajstić information content (AvgIpc) is 2.94. The van der Waals surface area contributed by atoms with Gasteiger partial charge in [0.15, 0.2) is 0 Å². The van der Waals surface area contributed by atoms with Crippen LogP contribution in [0.1, 0.15) is 66.8 Å². The minimum atomic E-state index is -1.48. The molecule has 0 saturated carbocycles. The van der Waals surface area contributed by atoms with Crippen molar-refractivity contribution in [3.63, 3.8) is 0 Å². The second-order valence-corrected chi connectivity index (χ2v) is 15.2. The molecule has 5 aromatic rings. The van der Waals surface area contributed by atoms with Crippen LogP contribution in [0.25, 0.3) is 0 Å². The number of hydrogen-bond donors (Lipinski definition) is 0. The summed E-state index contributed by atoms with van der Waals surface area (Å²) < 4.78 is 10.1. The standard InChI is InChI=1S/C36H44B.C8H11O2P/c1-21-13-25(5)33(26(6)14-21)37(34-27(7)15-22(2)16-28(34)8,35-29(9)17-23(3)18-30(35)10)36-31(11)19-24(4)20-32(36)12;1-9-6-3-7(10-2)5-8(11)4-6/h13-20H,1-12H3;3-5H,11H2,1-2H3/q-1;/p+1. The molecule has 5 rings (SSSR count). The van der Waals surface area contributed by atoms with E-state index >= 15 is 0 Å². The first-order valence-electron chi connectivity index (χ1n) is 17.1. The third kappa shape index (κ3) is 7.13. The van der Waals surface area contributed by atoms with Gasteiger partial charge < -0.3 is 9.47 Å². The van der Waals surface area contributed by atoms with Crippen LogP contribution in [0.2, 0.25) is 0 Å². The molecule has 0 amide bonds. The topological polar surface area (TPSA) is 18.5 Å². The molecule has 0 radical (unpaired) electrons. The van der Waals surface area contributed by atoms with E-state index in [1.54, 1.807) is 14.2 Å². The van der Waals surface area contributed by atoms with Crippen molar-refractivity contribution in [3.8, 4) is 11.5 Å². The number of methoxy groups -OCH3 is 2. The summed E-state index contributed by atoms with van der Waals surface area (Å²) >= 11 is 0. The Morgan fingerprint density at radius 1 is 0.354 bits per heavy atom. The Balaban J connectivity index is 0.000000401. The second-order valence-electron chi connectivity index (χ2n) is 14.3. The molecule has 2 nitrogen and oxygen atoms in total. The molecule has 1 atom stereocenters. The van der Waals surface area contributed by atoms with Gasteiger partial charge in [0.1, 0.15) is 17.6 Å². The first kappa shape index (κ1) is 37.0. The molecule has 48 heavy (non-hydrogen) atoms. The summed E-state index contributed by atoms with van der Waals surface area (Å²) in [5, 5.41) is 1.17. The zero-order valence-corrected chi connectivity index (χ0v) is 33.4. The fourth-order valence-corrected chi connectivity index (χ4v) is 9.63. The molecule has 5 aromatic carbocycles. The molecule has 0 saturated heterocycles. The molecular weight excluding hydrogens is 602 g/mol. The molecule has 0 aliphatic rings. The van der Waals surface area contributed by atoms with Crippen molar-refractivity contribution in [3.05, 3.63) is 133 Å². The Hall–Kier alpha value is -3.81. The molecule has 0 aliphatic heterocycles. The smallest absolute Gasteiger partial charge is 0.126 e. The number of ether oxygens (including phenoxy) is 2. The zero-order chi connectivity index (χ0) is 35.7. The van der Waals surface area contributed by atoms with Crippen molar-refractivity contribution in [2.75, 3.05) is 14.2 Å². The third-order valence-electron chi connectivity index (χ3n) is 10.1. The molecule has 0 aliphatic carbocycles. The molecule has 4 heteroatoms. The second kappa shape index (κ2) is 14.8. The van der Waals surface area contributed by atoms with E-state index in [2.05, 4.69) is 132 Å². The third-order valence-corrected chi connectivity index (χ3v) is 10.5. The zero-order valence-electron chi connectivity index (χ0n) is 32.0. The quantitative estimate of drug-likeness (QED) is 0.138. The van der Waals surface area contributed by atoms with Crippen LogP contribution < -0.4 is 36.6 Å². The van der Waals surface area contributed by atoms with Crippen molar-refractivity contribution in [1.82, 2.24) is 0 Å². The lowest BCUT2D eigenvalue weighted by Gasteiger charge is -2.51. The van der Waals surface area contributed by atoms with Gasteiger partial charge in [0, 0.05) is 27.4 Å². The fraction of sp³-hybridized carbons (Fsp3) is 0.318. The molecule has 252 valence electrons. The maximum Gasteiger partial charge on any atom is 0.126 e. The van der Waals surface area contributed by atoms with Crippen molar-refractivity contribution in [2.45, 2.75) is 83.1 Å². The number of rotatable bonds is 6. The first-order valence-corrected chi connectivity index (χ1v) is 17.8. The summed E-state index contributed by atoms with van der Waals surface area (Å²) in [4.78, 5) is 0. The monoisotopic (exact) mass is 658 g/mol. The Bertz CT molecular complexity index is 1640. The lowest BCUT2D eigenvalue weighted by Crippen LogP contribution is -2.78. The van der Waals surface area contributed by atoms with E-state index in [4.69, 9.17) is 9.47 Å². The summed E-state index contributed by atoms with van der Waals surface area (Å²) in [6.07, 6.45) is -1.48. The predicted molar refractivity (Wildman–Crippen MR) is 217 cm³/mol. The van der Waals surface area contributed by atoms with E-state index in [-0.39, 0.29) is 0 Å². The fourth-order valence-electron chi connectivity index (χ4n) is 9.23. The van der Waals surface area contributed by atoms with E-state index in [0.29, 0.717) is 0 Å². The molecule has 0 bridgehead atoms. The van der Waals surface area contributed by atoms with Crippen molar-refractivity contribution >= 4 is 42.5 Å². The molecule has 0 fully saturated rings. The van der Waals surface area contributed by atoms with E-state index in [0.717, 1.165) is 11.5 Å². The van der Waals surface area contributed by atoms with Crippen molar-refractivity contribution < 1.29 is 9.47 Å². The van der Waals surface area contributed by atoms with Gasteiger partial charge in [-0.3, -0.25) is 0 Å². The normalized spacial score (nSPS) is 11.3. The summed E-state index contributed by atoms with van der Waals surface area (Å²) in [7, 11) is 5.11. The number of aryl methyl sites for hydroxylation is 12. The van der Waals surface area contributed by atoms with Gasteiger partial charge in [-0.05, 0) is 83.1 Å². The first-order chi connectivity index (χ1) is 22.5. The maximum absolute atomic E-state index is 5.06. The van der Waals surface area contributed by atoms with Gasteiger partial charge in [-0.25, -0.2) is 0 Å². The molecule has 1 unspecified atom stereocenters. The van der Waals surface area contributed by atoms with Gasteiger partial charge in [-0.1, -0.05) is 115 Å². The Morgan fingerprint density at radius 2 is 0.562 bits per heavy atom. The van der Waals surface area contributed by atoms with Crippen LogP contribution in [0, 0.1) is 83.1 Å². The van der Waals surface area contributed by atoms with Crippen molar-refractivity contribution in [1.29, 1.82) is 0 Å². The van der Waals surface area contributed by atoms with E-state index in [1.165, 1.54) is 93.9 Å². The van der Waals surface area contributed by atoms with Crippen LogP contribution in [-0.4, -0.2) is 20.4 Å². The average molecular weight is 659 g/mol. The van der Waals surface area contributed by atoms with Gasteiger partial charge >= 0.3 is 0 Å². The van der Waals surface area contributed by atoms with Crippen LogP contribution >= 0.6 is 9.24 Å². The summed E-state index contributed by atoms with van der Waals surface area (Å²) in [5.41, 5.74) is 22.4. The van der Waals surface area contributed by atoms with Crippen LogP contribution in [-0.2, 0) is 0 Å². The highest BCUT2D eigenvalue weighted by atomic mass is 31.0. The molecule has 0 aromatic heterocycles. The van der Waals surface area contributed by atoms with Gasteiger partial charge in [0.2, 0.25) is 0 Å². The van der Waals surface area contributed by atoms with Gasteiger partial charge in [-0.15, -0.1) is 0 Å². The molecule has 0 N–H and O–H groups in total. The summed E-state index contributed by atoms with van der Waals surface area (Å²) in [6, 6.07) is 25.0. The summed E-state index contributed by atoms with van der Waals surface area (Å²) in [5.74, 6) is 1.68. The SMILES string of the molecule is COc1cc([PH3+])cc(OC)c1.Cc1cc(C)c([B-](c2c(C)cc(C)cc2C)(c2c(C)cc(C)cc2C)c2c(C)cc(C)cc2C)c(C)c1. The van der Waals surface area contributed by atoms with E-state index in [1.807, 2.05) is 27.4 Å². The van der Waals surface area contributed by atoms with Crippen molar-refractivity contribution in [2.24, 2.45) is 0 Å². The Kier molecular flexibility index (Phi) is 11.4. The highest BCUT2D eigenvalue weighted by Crippen LogP contribution is 2.25. The highest BCUT2D eigenvalue weighted by molar-refractivity contribution is 7.27. The number of hydrogen-bond acceptors (Lipinski definition) is 2. The minimum Gasteiger partial charge on any atom is -0.496 e. The predicted octanol–water partition coefficient (Wildman–Crippen LogP) is 7.70. The highest BCUT2D eigenvalue weighted by Gasteiger charge is 2.39. The lowest BCUT2D eigenvalue weighted by atomic mass is 9.10. The molecular formula is C44H56BO2P. The van der Waals surface area contributed by atoms with Crippen LogP contribution in [0.5, 0.6) is 11.5 Å². The van der Waals surface area contributed by atoms with E-state index < -0.39 is 6.15 Å². The van der Waals surface area contributed by atoms with Crippen LogP contribution in [0.4, 0.5) is 0 Å². The molecule has 0 spiro atoms. The number of benzene rings is 5. The maximum atomic E-state index is 5.06. The summed E-state index contributed by atoms with van der Waals surface area (Å²) in [6.45, 7) is 27.6. The molecule has 0 heterocycles. The van der Waals surface area contributed by atoms with Gasteiger partial charge in [0.05, 0.1) is 19.5 Å². The van der Waals surface area contributed by atoms with Crippen LogP contribution in [0.3, 0.4) is 0 Å². The minimum absolute atomic E-state index is 0.842. The lowest BCUT2D eigenvalue weighted by molar-refractivity contribution is 0.395. The van der Waals surface area contributed by atoms with Crippen LogP contribution in [0.15, 0.2) is 66.7 Å².